The number of aryl methyl sites for hydroxylation is 1. The molecule has 0 bridgehead atoms. The fourth-order valence-corrected chi connectivity index (χ4v) is 5.46. The molecule has 6 nitrogen and oxygen atoms in total. The highest BCUT2D eigenvalue weighted by atomic mass is 35.5. The summed E-state index contributed by atoms with van der Waals surface area (Å²) >= 11 is 6.02. The van der Waals surface area contributed by atoms with Crippen molar-refractivity contribution in [1.29, 1.82) is 0 Å². The molecule has 0 heterocycles. The maximum absolute atomic E-state index is 13.8. The Balaban J connectivity index is 1.75. The third kappa shape index (κ3) is 5.48. The first-order valence-corrected chi connectivity index (χ1v) is 12.9. The molecule has 1 N–H and O–H groups in total. The second-order valence-corrected chi connectivity index (χ2v) is 10.6. The van der Waals surface area contributed by atoms with Gasteiger partial charge in [-0.15, -0.1) is 0 Å². The molecular weight excluding hydrogens is 470 g/mol. The predicted molar refractivity (Wildman–Crippen MR) is 136 cm³/mol. The van der Waals surface area contributed by atoms with Gasteiger partial charge in [-0.05, 0) is 74.6 Å². The molecule has 0 unspecified atom stereocenters. The van der Waals surface area contributed by atoms with Gasteiger partial charge in [0.15, 0.2) is 0 Å². The van der Waals surface area contributed by atoms with Crippen LogP contribution in [0, 0.1) is 6.92 Å². The number of hydrazone groups is 1. The van der Waals surface area contributed by atoms with Gasteiger partial charge in [-0.2, -0.15) is 5.10 Å². The van der Waals surface area contributed by atoms with Crippen molar-refractivity contribution in [2.75, 3.05) is 4.31 Å². The molecule has 3 aromatic rings. The molecule has 8 heteroatoms. The molecule has 0 radical (unpaired) electrons. The lowest BCUT2D eigenvalue weighted by molar-refractivity contribution is 0.0955. The van der Waals surface area contributed by atoms with Crippen LogP contribution in [0.25, 0.3) is 0 Å². The number of carbonyl (C=O) groups excluding carboxylic acids is 1. The van der Waals surface area contributed by atoms with E-state index in [1.54, 1.807) is 72.8 Å². The van der Waals surface area contributed by atoms with Gasteiger partial charge in [-0.3, -0.25) is 9.10 Å². The number of para-hydroxylation sites is 1. The van der Waals surface area contributed by atoms with Gasteiger partial charge in [0.05, 0.1) is 22.7 Å². The first-order valence-electron chi connectivity index (χ1n) is 11.1. The smallest absolute Gasteiger partial charge is 0.267 e. The Hall–Kier alpha value is -3.16. The highest BCUT2D eigenvalue weighted by Crippen LogP contribution is 2.30. The number of benzene rings is 3. The van der Waals surface area contributed by atoms with Crippen LogP contribution in [-0.2, 0) is 16.6 Å². The van der Waals surface area contributed by atoms with Crippen LogP contribution in [0.4, 0.5) is 5.69 Å². The Labute approximate surface area is 205 Å². The predicted octanol–water partition coefficient (Wildman–Crippen LogP) is 5.70. The molecule has 34 heavy (non-hydrogen) atoms. The monoisotopic (exact) mass is 495 g/mol. The minimum Gasteiger partial charge on any atom is -0.267 e. The molecule has 1 aliphatic carbocycles. The van der Waals surface area contributed by atoms with Crippen LogP contribution in [0.2, 0.25) is 5.02 Å². The fourth-order valence-electron chi connectivity index (χ4n) is 3.86. The van der Waals surface area contributed by atoms with E-state index in [4.69, 9.17) is 11.6 Å². The van der Waals surface area contributed by atoms with Crippen LogP contribution in [-0.4, -0.2) is 20.0 Å². The van der Waals surface area contributed by atoms with E-state index in [2.05, 4.69) is 10.5 Å². The molecule has 1 amide bonds. The third-order valence-corrected chi connectivity index (χ3v) is 7.79. The maximum Gasteiger partial charge on any atom is 0.273 e. The quantitative estimate of drug-likeness (QED) is 0.427. The number of rotatable bonds is 7. The molecule has 176 valence electrons. The topological polar surface area (TPSA) is 78.8 Å². The molecule has 0 saturated heterocycles. The van der Waals surface area contributed by atoms with Crippen LogP contribution < -0.4 is 9.73 Å². The van der Waals surface area contributed by atoms with Crippen molar-refractivity contribution in [3.63, 3.8) is 0 Å². The van der Waals surface area contributed by atoms with Gasteiger partial charge < -0.3 is 0 Å². The van der Waals surface area contributed by atoms with Crippen molar-refractivity contribution in [2.45, 2.75) is 44.0 Å². The lowest BCUT2D eigenvalue weighted by Gasteiger charge is -2.26. The highest BCUT2D eigenvalue weighted by molar-refractivity contribution is 7.92. The molecule has 4 rings (SSSR count). The molecule has 0 atom stereocenters. The summed E-state index contributed by atoms with van der Waals surface area (Å²) in [4.78, 5) is 13.2. The number of sulfonamides is 1. The second kappa shape index (κ2) is 10.4. The van der Waals surface area contributed by atoms with Gasteiger partial charge in [0.1, 0.15) is 0 Å². The van der Waals surface area contributed by atoms with E-state index in [0.29, 0.717) is 5.02 Å². The summed E-state index contributed by atoms with van der Waals surface area (Å²) in [6, 6.07) is 20.3. The van der Waals surface area contributed by atoms with E-state index in [-0.39, 0.29) is 22.7 Å². The van der Waals surface area contributed by atoms with Crippen LogP contribution in [0.1, 0.15) is 47.2 Å². The van der Waals surface area contributed by atoms with Crippen LogP contribution in [0.15, 0.2) is 82.8 Å². The van der Waals surface area contributed by atoms with Crippen LogP contribution in [0.5, 0.6) is 0 Å². The molecule has 3 aromatic carbocycles. The number of carbonyl (C=O) groups is 1. The third-order valence-electron chi connectivity index (χ3n) is 5.76. The zero-order valence-corrected chi connectivity index (χ0v) is 20.4. The Kier molecular flexibility index (Phi) is 7.34. The van der Waals surface area contributed by atoms with Crippen LogP contribution in [0.3, 0.4) is 0 Å². The molecule has 1 aliphatic rings. The standard InChI is InChI=1S/C26H26ClN3O3S/c1-19-10-16-23(17-11-19)34(32,33)30(18-20-12-14-21(27)15-13-20)25-9-5-4-8-24(25)26(31)29-28-22-6-2-3-7-22/h4-5,8-17H,2-3,6-7,18H2,1H3,(H,29,31). The zero-order valence-electron chi connectivity index (χ0n) is 18.9. The molecule has 1 fully saturated rings. The number of halogens is 1. The van der Waals surface area contributed by atoms with E-state index < -0.39 is 15.9 Å². The number of amides is 1. The number of anilines is 1. The van der Waals surface area contributed by atoms with Gasteiger partial charge in [0, 0.05) is 10.7 Å². The largest absolute Gasteiger partial charge is 0.273 e. The van der Waals surface area contributed by atoms with E-state index in [0.717, 1.165) is 42.5 Å². The van der Waals surface area contributed by atoms with E-state index in [1.807, 2.05) is 6.92 Å². The minimum absolute atomic E-state index is 0.0339. The zero-order chi connectivity index (χ0) is 24.1. The number of hydrogen-bond acceptors (Lipinski definition) is 4. The van der Waals surface area contributed by atoms with Gasteiger partial charge in [-0.1, -0.05) is 53.6 Å². The van der Waals surface area contributed by atoms with E-state index in [1.165, 1.54) is 4.31 Å². The number of hydrogen-bond donors (Lipinski definition) is 1. The summed E-state index contributed by atoms with van der Waals surface area (Å²) in [6.45, 7) is 1.93. The first-order chi connectivity index (χ1) is 16.3. The second-order valence-electron chi connectivity index (χ2n) is 8.29. The summed E-state index contributed by atoms with van der Waals surface area (Å²) in [5.41, 5.74) is 5.77. The maximum atomic E-state index is 13.8. The summed E-state index contributed by atoms with van der Waals surface area (Å²) in [5, 5.41) is 4.82. The summed E-state index contributed by atoms with van der Waals surface area (Å²) in [7, 11) is -3.98. The number of nitrogens with one attached hydrogen (secondary N) is 1. The highest BCUT2D eigenvalue weighted by Gasteiger charge is 2.28. The molecule has 1 saturated carbocycles. The van der Waals surface area contributed by atoms with Crippen molar-refractivity contribution in [3.8, 4) is 0 Å². The lowest BCUT2D eigenvalue weighted by Crippen LogP contribution is -2.33. The van der Waals surface area contributed by atoms with Crippen molar-refractivity contribution in [2.24, 2.45) is 5.10 Å². The summed E-state index contributed by atoms with van der Waals surface area (Å²) < 4.78 is 28.9. The van der Waals surface area contributed by atoms with Gasteiger partial charge in [0.25, 0.3) is 15.9 Å². The van der Waals surface area contributed by atoms with Gasteiger partial charge >= 0.3 is 0 Å². The first kappa shape index (κ1) is 24.0. The average molecular weight is 496 g/mol. The lowest BCUT2D eigenvalue weighted by atomic mass is 10.1. The Morgan fingerprint density at radius 2 is 1.62 bits per heavy atom. The van der Waals surface area contributed by atoms with Gasteiger partial charge in [0.2, 0.25) is 0 Å². The molecule has 0 aliphatic heterocycles. The van der Waals surface area contributed by atoms with E-state index >= 15 is 0 Å². The van der Waals surface area contributed by atoms with Crippen molar-refractivity contribution < 1.29 is 13.2 Å². The molecule has 0 aromatic heterocycles. The average Bonchev–Trinajstić information content (AvgIpc) is 3.36. The Morgan fingerprint density at radius 3 is 2.29 bits per heavy atom. The fraction of sp³-hybridized carbons (Fsp3) is 0.231. The molecular formula is C26H26ClN3O3S. The summed E-state index contributed by atoms with van der Waals surface area (Å²) in [5.74, 6) is -0.449. The normalized spacial score (nSPS) is 13.5. The SMILES string of the molecule is Cc1ccc(S(=O)(=O)N(Cc2ccc(Cl)cc2)c2ccccc2C(=O)NN=C2CCCC2)cc1. The van der Waals surface area contributed by atoms with E-state index in [9.17, 15) is 13.2 Å². The Bertz CT molecular complexity index is 1300. The van der Waals surface area contributed by atoms with Crippen molar-refractivity contribution >= 4 is 38.9 Å². The molecule has 0 spiro atoms. The van der Waals surface area contributed by atoms with Crippen molar-refractivity contribution in [1.82, 2.24) is 5.43 Å². The van der Waals surface area contributed by atoms with Crippen molar-refractivity contribution in [3.05, 3.63) is 94.5 Å². The summed E-state index contributed by atoms with van der Waals surface area (Å²) in [6.07, 6.45) is 3.86. The minimum atomic E-state index is -3.98. The Morgan fingerprint density at radius 1 is 0.971 bits per heavy atom. The van der Waals surface area contributed by atoms with Gasteiger partial charge in [-0.25, -0.2) is 13.8 Å². The number of nitrogens with zero attached hydrogens (tertiary/aromatic N) is 2. The van der Waals surface area contributed by atoms with Crippen LogP contribution >= 0.6 is 11.6 Å².